The molecule has 0 aliphatic carbocycles. The Balaban J connectivity index is 2.75. The molecule has 1 atom stereocenters. The van der Waals surface area contributed by atoms with Crippen molar-refractivity contribution in [2.75, 3.05) is 5.73 Å². The van der Waals surface area contributed by atoms with E-state index < -0.39 is 0 Å². The largest absolute Gasteiger partial charge is 0.382 e. The molecule has 0 radical (unpaired) electrons. The third-order valence-corrected chi connectivity index (χ3v) is 1.96. The van der Waals surface area contributed by atoms with Crippen LogP contribution in [0.3, 0.4) is 0 Å². The second kappa shape index (κ2) is 2.70. The average molecular weight is 177 g/mol. The summed E-state index contributed by atoms with van der Waals surface area (Å²) in [6, 6.07) is 1.85. The van der Waals surface area contributed by atoms with Crippen LogP contribution in [0.2, 0.25) is 0 Å². The molecule has 13 heavy (non-hydrogen) atoms. The Bertz CT molecular complexity index is 431. The van der Waals surface area contributed by atoms with Gasteiger partial charge in [0.15, 0.2) is 5.82 Å². The van der Waals surface area contributed by atoms with Crippen molar-refractivity contribution in [1.29, 1.82) is 0 Å². The minimum Gasteiger partial charge on any atom is -0.382 e. The van der Waals surface area contributed by atoms with Gasteiger partial charge in [0.2, 0.25) is 0 Å². The van der Waals surface area contributed by atoms with Crippen LogP contribution in [0.5, 0.6) is 0 Å². The second-order valence-electron chi connectivity index (χ2n) is 2.96. The maximum absolute atomic E-state index is 5.74. The third kappa shape index (κ3) is 1.13. The molecule has 5 nitrogen and oxygen atoms in total. The Kier molecular flexibility index (Phi) is 1.66. The first-order valence-electron chi connectivity index (χ1n) is 4.02. The molecular formula is C8H11N5. The normalized spacial score (nSPS) is 13.4. The van der Waals surface area contributed by atoms with Crippen LogP contribution in [0, 0.1) is 0 Å². The fraction of sp³-hybridized carbons (Fsp3) is 0.250. The lowest BCUT2D eigenvalue weighted by Gasteiger charge is -2.07. The Hall–Kier alpha value is -1.62. The SMILES string of the molecule is CC(N)n1cnc2c(N)nccc21. The molecule has 2 aromatic heterocycles. The van der Waals surface area contributed by atoms with Gasteiger partial charge >= 0.3 is 0 Å². The second-order valence-corrected chi connectivity index (χ2v) is 2.96. The number of aromatic nitrogens is 3. The van der Waals surface area contributed by atoms with Crippen LogP contribution in [0.1, 0.15) is 13.1 Å². The molecule has 0 fully saturated rings. The number of anilines is 1. The zero-order valence-electron chi connectivity index (χ0n) is 7.31. The van der Waals surface area contributed by atoms with Gasteiger partial charge in [-0.2, -0.15) is 0 Å². The van der Waals surface area contributed by atoms with E-state index in [-0.39, 0.29) is 6.17 Å². The minimum atomic E-state index is -0.105. The predicted molar refractivity (Wildman–Crippen MR) is 50.8 cm³/mol. The summed E-state index contributed by atoms with van der Waals surface area (Å²) in [5.74, 6) is 0.442. The monoisotopic (exact) mass is 177 g/mol. The van der Waals surface area contributed by atoms with E-state index in [0.717, 1.165) is 5.52 Å². The predicted octanol–water partition coefficient (Wildman–Crippen LogP) is 0.491. The highest BCUT2D eigenvalue weighted by atomic mass is 15.1. The summed E-state index contributed by atoms with van der Waals surface area (Å²) in [5.41, 5.74) is 13.0. The Morgan fingerprint density at radius 2 is 2.23 bits per heavy atom. The first kappa shape index (κ1) is 8.00. The van der Waals surface area contributed by atoms with E-state index in [1.165, 1.54) is 0 Å². The van der Waals surface area contributed by atoms with E-state index in [4.69, 9.17) is 11.5 Å². The molecule has 0 aliphatic rings. The molecule has 0 saturated carbocycles. The van der Waals surface area contributed by atoms with E-state index >= 15 is 0 Å². The van der Waals surface area contributed by atoms with E-state index in [2.05, 4.69) is 9.97 Å². The number of pyridine rings is 1. The fourth-order valence-corrected chi connectivity index (χ4v) is 1.31. The number of imidazole rings is 1. The van der Waals surface area contributed by atoms with Gasteiger partial charge in [-0.25, -0.2) is 9.97 Å². The van der Waals surface area contributed by atoms with E-state index in [1.54, 1.807) is 12.5 Å². The van der Waals surface area contributed by atoms with Crippen molar-refractivity contribution in [2.45, 2.75) is 13.1 Å². The van der Waals surface area contributed by atoms with Crippen molar-refractivity contribution in [3.8, 4) is 0 Å². The molecule has 5 heteroatoms. The van der Waals surface area contributed by atoms with Crippen LogP contribution in [-0.2, 0) is 0 Å². The molecule has 68 valence electrons. The molecule has 0 bridgehead atoms. The molecule has 2 rings (SSSR count). The van der Waals surface area contributed by atoms with Crippen LogP contribution >= 0.6 is 0 Å². The van der Waals surface area contributed by atoms with E-state index in [9.17, 15) is 0 Å². The molecule has 0 aliphatic heterocycles. The lowest BCUT2D eigenvalue weighted by atomic mass is 10.4. The van der Waals surface area contributed by atoms with Gasteiger partial charge < -0.3 is 16.0 Å². The summed E-state index contributed by atoms with van der Waals surface area (Å²) >= 11 is 0. The molecule has 4 N–H and O–H groups in total. The van der Waals surface area contributed by atoms with Crippen molar-refractivity contribution < 1.29 is 0 Å². The van der Waals surface area contributed by atoms with Crippen LogP contribution in [0.4, 0.5) is 5.82 Å². The molecule has 0 amide bonds. The lowest BCUT2D eigenvalue weighted by molar-refractivity contribution is 0.588. The zero-order chi connectivity index (χ0) is 9.42. The van der Waals surface area contributed by atoms with Gasteiger partial charge in [0.25, 0.3) is 0 Å². The summed E-state index contributed by atoms with van der Waals surface area (Å²) < 4.78 is 1.85. The van der Waals surface area contributed by atoms with Gasteiger partial charge in [-0.1, -0.05) is 0 Å². The van der Waals surface area contributed by atoms with E-state index in [0.29, 0.717) is 11.3 Å². The highest BCUT2D eigenvalue weighted by Gasteiger charge is 2.07. The first-order valence-corrected chi connectivity index (χ1v) is 4.02. The maximum atomic E-state index is 5.74. The van der Waals surface area contributed by atoms with Crippen molar-refractivity contribution in [3.63, 3.8) is 0 Å². The number of nitrogens with two attached hydrogens (primary N) is 2. The van der Waals surface area contributed by atoms with Gasteiger partial charge in [0, 0.05) is 6.20 Å². The average Bonchev–Trinajstić information content (AvgIpc) is 2.48. The molecule has 2 aromatic rings. The number of nitrogen functional groups attached to an aromatic ring is 1. The van der Waals surface area contributed by atoms with Gasteiger partial charge in [-0.3, -0.25) is 0 Å². The Morgan fingerprint density at radius 3 is 2.92 bits per heavy atom. The Morgan fingerprint density at radius 1 is 1.46 bits per heavy atom. The summed E-state index contributed by atoms with van der Waals surface area (Å²) in [6.07, 6.45) is 3.22. The standard InChI is InChI=1S/C8H11N5/c1-5(9)13-4-12-7-6(13)2-3-11-8(7)10/h2-5H,9H2,1H3,(H2,10,11). The quantitative estimate of drug-likeness (QED) is 0.664. The minimum absolute atomic E-state index is 0.105. The third-order valence-electron chi connectivity index (χ3n) is 1.96. The maximum Gasteiger partial charge on any atom is 0.151 e. The zero-order valence-corrected chi connectivity index (χ0v) is 7.31. The van der Waals surface area contributed by atoms with Crippen LogP contribution in [-0.4, -0.2) is 14.5 Å². The van der Waals surface area contributed by atoms with Crippen LogP contribution in [0.15, 0.2) is 18.6 Å². The van der Waals surface area contributed by atoms with Gasteiger partial charge in [-0.15, -0.1) is 0 Å². The summed E-state index contributed by atoms with van der Waals surface area (Å²) in [4.78, 5) is 8.08. The molecule has 0 aromatic carbocycles. The van der Waals surface area contributed by atoms with E-state index in [1.807, 2.05) is 17.6 Å². The van der Waals surface area contributed by atoms with Gasteiger partial charge in [0.1, 0.15) is 5.52 Å². The number of nitrogens with zero attached hydrogens (tertiary/aromatic N) is 3. The van der Waals surface area contributed by atoms with Crippen LogP contribution < -0.4 is 11.5 Å². The Labute approximate surface area is 75.4 Å². The number of rotatable bonds is 1. The van der Waals surface area contributed by atoms with Crippen molar-refractivity contribution in [2.24, 2.45) is 5.73 Å². The smallest absolute Gasteiger partial charge is 0.151 e. The van der Waals surface area contributed by atoms with Crippen molar-refractivity contribution in [1.82, 2.24) is 14.5 Å². The van der Waals surface area contributed by atoms with Crippen molar-refractivity contribution >= 4 is 16.9 Å². The topological polar surface area (TPSA) is 82.8 Å². The molecule has 0 saturated heterocycles. The number of hydrogen-bond acceptors (Lipinski definition) is 4. The van der Waals surface area contributed by atoms with Crippen LogP contribution in [0.25, 0.3) is 11.0 Å². The summed E-state index contributed by atoms with van der Waals surface area (Å²) in [7, 11) is 0. The van der Waals surface area contributed by atoms with Crippen molar-refractivity contribution in [3.05, 3.63) is 18.6 Å². The summed E-state index contributed by atoms with van der Waals surface area (Å²) in [6.45, 7) is 1.89. The van der Waals surface area contributed by atoms with Gasteiger partial charge in [-0.05, 0) is 13.0 Å². The lowest BCUT2D eigenvalue weighted by Crippen LogP contribution is -2.13. The number of fused-ring (bicyclic) bond motifs is 1. The highest BCUT2D eigenvalue weighted by Crippen LogP contribution is 2.18. The van der Waals surface area contributed by atoms with Gasteiger partial charge in [0.05, 0.1) is 18.0 Å². The molecule has 1 unspecified atom stereocenters. The summed E-state index contributed by atoms with van der Waals surface area (Å²) in [5, 5.41) is 0. The number of hydrogen-bond donors (Lipinski definition) is 2. The highest BCUT2D eigenvalue weighted by molar-refractivity contribution is 5.84. The molecule has 2 heterocycles. The molecule has 0 spiro atoms. The first-order chi connectivity index (χ1) is 6.20. The molecular weight excluding hydrogens is 166 g/mol. The fourth-order valence-electron chi connectivity index (χ4n) is 1.31.